The second-order valence-corrected chi connectivity index (χ2v) is 3.35. The van der Waals surface area contributed by atoms with Crippen LogP contribution in [0.4, 0.5) is 0 Å². The van der Waals surface area contributed by atoms with Gasteiger partial charge in [0.2, 0.25) is 0 Å². The van der Waals surface area contributed by atoms with Gasteiger partial charge in [-0.15, -0.1) is 0 Å². The van der Waals surface area contributed by atoms with Crippen LogP contribution in [0.5, 0.6) is 0 Å². The van der Waals surface area contributed by atoms with Gasteiger partial charge in [0.25, 0.3) is 0 Å². The SMILES string of the molecule is CSC(=S)N/N=C/c1cnc[nH]1. The van der Waals surface area contributed by atoms with E-state index in [4.69, 9.17) is 12.2 Å². The van der Waals surface area contributed by atoms with Gasteiger partial charge in [-0.1, -0.05) is 24.0 Å². The summed E-state index contributed by atoms with van der Waals surface area (Å²) in [6, 6.07) is 0. The van der Waals surface area contributed by atoms with Crippen molar-refractivity contribution in [1.29, 1.82) is 0 Å². The maximum atomic E-state index is 4.86. The molecule has 0 aliphatic heterocycles. The Kier molecular flexibility index (Phi) is 3.75. The maximum absolute atomic E-state index is 4.86. The number of hydrogen-bond donors (Lipinski definition) is 2. The van der Waals surface area contributed by atoms with Gasteiger partial charge in [-0.3, -0.25) is 5.43 Å². The highest BCUT2D eigenvalue weighted by molar-refractivity contribution is 8.22. The summed E-state index contributed by atoms with van der Waals surface area (Å²) in [6.07, 6.45) is 6.78. The smallest absolute Gasteiger partial charge is 0.153 e. The number of imidazole rings is 1. The number of nitrogens with one attached hydrogen (secondary N) is 2. The first-order valence-electron chi connectivity index (χ1n) is 3.18. The van der Waals surface area contributed by atoms with Gasteiger partial charge in [-0.25, -0.2) is 4.98 Å². The molecule has 4 nitrogen and oxygen atoms in total. The molecule has 0 aromatic carbocycles. The topological polar surface area (TPSA) is 53.1 Å². The van der Waals surface area contributed by atoms with E-state index in [1.54, 1.807) is 18.7 Å². The van der Waals surface area contributed by atoms with E-state index in [1.807, 2.05) is 6.26 Å². The Hall–Kier alpha value is -0.880. The molecule has 2 N–H and O–H groups in total. The molecule has 1 aromatic rings. The van der Waals surface area contributed by atoms with Crippen molar-refractivity contribution in [2.24, 2.45) is 5.10 Å². The zero-order chi connectivity index (χ0) is 8.81. The van der Waals surface area contributed by atoms with Crippen LogP contribution in [0, 0.1) is 0 Å². The van der Waals surface area contributed by atoms with E-state index >= 15 is 0 Å². The minimum atomic E-state index is 0.644. The maximum Gasteiger partial charge on any atom is 0.153 e. The van der Waals surface area contributed by atoms with Crippen molar-refractivity contribution < 1.29 is 0 Å². The minimum absolute atomic E-state index is 0.644. The molecule has 0 radical (unpaired) electrons. The first-order valence-corrected chi connectivity index (χ1v) is 4.81. The molecular formula is C6H8N4S2. The van der Waals surface area contributed by atoms with Crippen molar-refractivity contribution >= 4 is 34.5 Å². The van der Waals surface area contributed by atoms with Crippen LogP contribution in [0.2, 0.25) is 0 Å². The first-order chi connectivity index (χ1) is 5.83. The van der Waals surface area contributed by atoms with Crippen LogP contribution in [0.15, 0.2) is 17.6 Å². The number of aromatic amines is 1. The molecule has 0 saturated carbocycles. The first kappa shape index (κ1) is 9.21. The number of rotatable bonds is 2. The molecule has 1 aromatic heterocycles. The monoisotopic (exact) mass is 200 g/mol. The predicted octanol–water partition coefficient (Wildman–Crippen LogP) is 0.981. The number of nitrogens with zero attached hydrogens (tertiary/aromatic N) is 2. The Bertz CT molecular complexity index is 267. The van der Waals surface area contributed by atoms with Crippen LogP contribution < -0.4 is 5.43 Å². The molecule has 0 aliphatic rings. The van der Waals surface area contributed by atoms with Crippen LogP contribution in [0.25, 0.3) is 0 Å². The second-order valence-electron chi connectivity index (χ2n) is 1.87. The fourth-order valence-electron chi connectivity index (χ4n) is 0.537. The average molecular weight is 200 g/mol. The van der Waals surface area contributed by atoms with E-state index in [9.17, 15) is 0 Å². The predicted molar refractivity (Wildman–Crippen MR) is 55.4 cm³/mol. The number of thioether (sulfide) groups is 1. The largest absolute Gasteiger partial charge is 0.344 e. The molecule has 0 atom stereocenters. The van der Waals surface area contributed by atoms with Crippen LogP contribution in [-0.2, 0) is 0 Å². The number of hydrogen-bond acceptors (Lipinski definition) is 4. The lowest BCUT2D eigenvalue weighted by molar-refractivity contribution is 1.07. The molecule has 0 unspecified atom stereocenters. The summed E-state index contributed by atoms with van der Waals surface area (Å²) in [7, 11) is 0. The lowest BCUT2D eigenvalue weighted by Gasteiger charge is -1.94. The molecule has 6 heteroatoms. The standard InChI is InChI=1S/C6H8N4S2/c1-12-6(11)10-9-3-5-2-7-4-8-5/h2-4H,1H3,(H,7,8)(H,10,11)/b9-3+. The van der Waals surface area contributed by atoms with E-state index in [0.717, 1.165) is 5.69 Å². The minimum Gasteiger partial charge on any atom is -0.344 e. The number of aromatic nitrogens is 2. The van der Waals surface area contributed by atoms with Crippen molar-refractivity contribution in [3.63, 3.8) is 0 Å². The summed E-state index contributed by atoms with van der Waals surface area (Å²) < 4.78 is 0.644. The quantitative estimate of drug-likeness (QED) is 0.424. The molecule has 0 aliphatic carbocycles. The lowest BCUT2D eigenvalue weighted by Crippen LogP contribution is -2.10. The van der Waals surface area contributed by atoms with Gasteiger partial charge in [0, 0.05) is 0 Å². The molecule has 0 spiro atoms. The summed E-state index contributed by atoms with van der Waals surface area (Å²) in [5.74, 6) is 0. The van der Waals surface area contributed by atoms with Crippen LogP contribution in [0.3, 0.4) is 0 Å². The second kappa shape index (κ2) is 4.89. The fraction of sp³-hybridized carbons (Fsp3) is 0.167. The zero-order valence-corrected chi connectivity index (χ0v) is 8.08. The third-order valence-corrected chi connectivity index (χ3v) is 2.12. The van der Waals surface area contributed by atoms with Crippen LogP contribution in [0.1, 0.15) is 5.69 Å². The summed E-state index contributed by atoms with van der Waals surface area (Å²) in [4.78, 5) is 6.71. The van der Waals surface area contributed by atoms with Crippen molar-refractivity contribution in [2.75, 3.05) is 6.26 Å². The third-order valence-electron chi connectivity index (χ3n) is 1.06. The van der Waals surface area contributed by atoms with E-state index in [1.165, 1.54) is 11.8 Å². The van der Waals surface area contributed by atoms with Gasteiger partial charge in [0.05, 0.1) is 24.4 Å². The number of H-pyrrole nitrogens is 1. The molecule has 0 amide bonds. The average Bonchev–Trinajstić information content (AvgIpc) is 2.57. The zero-order valence-electron chi connectivity index (χ0n) is 6.44. The van der Waals surface area contributed by atoms with Crippen molar-refractivity contribution in [3.8, 4) is 0 Å². The Morgan fingerprint density at radius 3 is 3.33 bits per heavy atom. The van der Waals surface area contributed by atoms with Gasteiger partial charge in [-0.2, -0.15) is 5.10 Å². The normalized spacial score (nSPS) is 10.4. The van der Waals surface area contributed by atoms with Crippen LogP contribution in [-0.4, -0.2) is 26.8 Å². The summed E-state index contributed by atoms with van der Waals surface area (Å²) in [6.45, 7) is 0. The molecule has 12 heavy (non-hydrogen) atoms. The molecule has 0 saturated heterocycles. The van der Waals surface area contributed by atoms with E-state index in [0.29, 0.717) is 4.32 Å². The molecular weight excluding hydrogens is 192 g/mol. The molecule has 1 heterocycles. The number of thiocarbonyl (C=S) groups is 1. The Morgan fingerprint density at radius 2 is 2.75 bits per heavy atom. The van der Waals surface area contributed by atoms with E-state index in [2.05, 4.69) is 20.5 Å². The van der Waals surface area contributed by atoms with Crippen LogP contribution >= 0.6 is 24.0 Å². The Labute approximate surface area is 79.9 Å². The van der Waals surface area contributed by atoms with Gasteiger partial charge in [0.15, 0.2) is 4.32 Å². The number of hydrazone groups is 1. The molecule has 0 bridgehead atoms. The van der Waals surface area contributed by atoms with Crippen molar-refractivity contribution in [2.45, 2.75) is 0 Å². The Balaban J connectivity index is 2.37. The highest BCUT2D eigenvalue weighted by Crippen LogP contribution is 1.92. The third kappa shape index (κ3) is 3.02. The molecule has 1 rings (SSSR count). The summed E-state index contributed by atoms with van der Waals surface area (Å²) in [5, 5.41) is 3.88. The van der Waals surface area contributed by atoms with Gasteiger partial charge < -0.3 is 4.98 Å². The van der Waals surface area contributed by atoms with Crippen molar-refractivity contribution in [3.05, 3.63) is 18.2 Å². The van der Waals surface area contributed by atoms with E-state index in [-0.39, 0.29) is 0 Å². The van der Waals surface area contributed by atoms with Gasteiger partial charge in [-0.05, 0) is 6.26 Å². The lowest BCUT2D eigenvalue weighted by atomic mass is 10.5. The molecule has 64 valence electrons. The van der Waals surface area contributed by atoms with Gasteiger partial charge in [0.1, 0.15) is 0 Å². The highest BCUT2D eigenvalue weighted by atomic mass is 32.2. The van der Waals surface area contributed by atoms with Crippen molar-refractivity contribution in [1.82, 2.24) is 15.4 Å². The van der Waals surface area contributed by atoms with E-state index < -0.39 is 0 Å². The summed E-state index contributed by atoms with van der Waals surface area (Å²) in [5.41, 5.74) is 3.53. The van der Waals surface area contributed by atoms with Gasteiger partial charge >= 0.3 is 0 Å². The highest BCUT2D eigenvalue weighted by Gasteiger charge is 1.88. The fourth-order valence-corrected chi connectivity index (χ4v) is 0.734. The Morgan fingerprint density at radius 1 is 1.92 bits per heavy atom. The summed E-state index contributed by atoms with van der Waals surface area (Å²) >= 11 is 6.31. The molecule has 0 fully saturated rings.